The molecule has 4 nitrogen and oxygen atoms in total. The Morgan fingerprint density at radius 1 is 1.43 bits per heavy atom. The highest BCUT2D eigenvalue weighted by Gasteiger charge is 2.24. The summed E-state index contributed by atoms with van der Waals surface area (Å²) < 4.78 is 11.0. The Hall–Kier alpha value is -0.360. The zero-order valence-corrected chi connectivity index (χ0v) is 13.6. The van der Waals surface area contributed by atoms with Crippen molar-refractivity contribution in [2.24, 2.45) is 0 Å². The van der Waals surface area contributed by atoms with E-state index in [2.05, 4.69) is 4.90 Å². The van der Waals surface area contributed by atoms with Crippen molar-refractivity contribution in [3.63, 3.8) is 0 Å². The number of β-amino-alcohol motifs (C(OH)–C–C–N with tert-alkyl or cyclic N) is 1. The molecule has 1 saturated heterocycles. The van der Waals surface area contributed by atoms with E-state index >= 15 is 0 Å². The minimum atomic E-state index is -0.475. The third-order valence-electron chi connectivity index (χ3n) is 3.45. The number of hydrogen-bond donors (Lipinski definition) is 1. The van der Waals surface area contributed by atoms with Crippen LogP contribution in [0, 0.1) is 0 Å². The van der Waals surface area contributed by atoms with Gasteiger partial charge >= 0.3 is 0 Å². The Balaban J connectivity index is 1.92. The summed E-state index contributed by atoms with van der Waals surface area (Å²) in [5.41, 5.74) is 1.01. The molecule has 1 N–H and O–H groups in total. The maximum atomic E-state index is 9.92. The van der Waals surface area contributed by atoms with Crippen molar-refractivity contribution in [2.45, 2.75) is 19.1 Å². The molecule has 0 unspecified atom stereocenters. The second-order valence-electron chi connectivity index (χ2n) is 5.11. The molecule has 1 aliphatic rings. The molecule has 0 bridgehead atoms. The van der Waals surface area contributed by atoms with Crippen LogP contribution in [-0.2, 0) is 9.47 Å². The number of rotatable bonds is 6. The monoisotopic (exact) mass is 333 g/mol. The number of ether oxygens (including phenoxy) is 2. The highest BCUT2D eigenvalue weighted by Crippen LogP contribution is 2.29. The zero-order valence-electron chi connectivity index (χ0n) is 12.1. The Kier molecular flexibility index (Phi) is 6.74. The topological polar surface area (TPSA) is 41.9 Å². The van der Waals surface area contributed by atoms with Gasteiger partial charge in [0.1, 0.15) is 0 Å². The molecule has 1 aliphatic heterocycles. The SMILES string of the molecule is CCOC[C@@H](O)CN1CCO[C@H](c2ccc(Cl)c(Cl)c2)C1. The van der Waals surface area contributed by atoms with Gasteiger partial charge in [-0.3, -0.25) is 4.90 Å². The standard InChI is InChI=1S/C15H21Cl2NO3/c1-2-20-10-12(19)8-18-5-6-21-15(9-18)11-3-4-13(16)14(17)7-11/h3-4,7,12,15,19H,2,5-6,8-10H2,1H3/t12-,15-/m0/s1. The molecule has 0 aromatic heterocycles. The predicted molar refractivity (Wildman–Crippen MR) is 84.1 cm³/mol. The van der Waals surface area contributed by atoms with E-state index in [1.807, 2.05) is 19.1 Å². The number of nitrogens with zero attached hydrogens (tertiary/aromatic N) is 1. The van der Waals surface area contributed by atoms with Crippen LogP contribution in [0.3, 0.4) is 0 Å². The average molecular weight is 334 g/mol. The lowest BCUT2D eigenvalue weighted by atomic mass is 10.1. The van der Waals surface area contributed by atoms with Crippen molar-refractivity contribution in [1.82, 2.24) is 4.90 Å². The Bertz CT molecular complexity index is 459. The van der Waals surface area contributed by atoms with E-state index in [1.165, 1.54) is 0 Å². The minimum Gasteiger partial charge on any atom is -0.389 e. The van der Waals surface area contributed by atoms with Gasteiger partial charge in [-0.05, 0) is 24.6 Å². The molecule has 1 aromatic rings. The molecule has 2 atom stereocenters. The smallest absolute Gasteiger partial charge is 0.0952 e. The highest BCUT2D eigenvalue weighted by atomic mass is 35.5. The zero-order chi connectivity index (χ0) is 15.2. The first-order valence-electron chi connectivity index (χ1n) is 7.15. The Labute approximate surface area is 135 Å². The van der Waals surface area contributed by atoms with E-state index in [-0.39, 0.29) is 6.10 Å². The first kappa shape index (κ1) is 17.0. The van der Waals surface area contributed by atoms with Crippen LogP contribution in [-0.4, -0.2) is 55.6 Å². The van der Waals surface area contributed by atoms with Gasteiger partial charge in [0, 0.05) is 26.2 Å². The van der Waals surface area contributed by atoms with Gasteiger partial charge in [0.2, 0.25) is 0 Å². The fraction of sp³-hybridized carbons (Fsp3) is 0.600. The van der Waals surface area contributed by atoms with Crippen LogP contribution < -0.4 is 0 Å². The molecule has 0 aliphatic carbocycles. The second-order valence-corrected chi connectivity index (χ2v) is 5.92. The first-order valence-corrected chi connectivity index (χ1v) is 7.90. The molecule has 21 heavy (non-hydrogen) atoms. The maximum absolute atomic E-state index is 9.92. The van der Waals surface area contributed by atoms with Gasteiger partial charge in [-0.25, -0.2) is 0 Å². The van der Waals surface area contributed by atoms with Crippen molar-refractivity contribution < 1.29 is 14.6 Å². The lowest BCUT2D eigenvalue weighted by Crippen LogP contribution is -2.43. The summed E-state index contributed by atoms with van der Waals surface area (Å²) >= 11 is 12.0. The van der Waals surface area contributed by atoms with Gasteiger partial charge in [0.25, 0.3) is 0 Å². The molecule has 0 saturated carbocycles. The normalized spacial score (nSPS) is 21.4. The fourth-order valence-corrected chi connectivity index (χ4v) is 2.69. The van der Waals surface area contributed by atoms with E-state index in [0.717, 1.165) is 18.7 Å². The van der Waals surface area contributed by atoms with E-state index in [0.29, 0.717) is 36.4 Å². The molecule has 0 radical (unpaired) electrons. The van der Waals surface area contributed by atoms with Crippen LogP contribution in [0.5, 0.6) is 0 Å². The van der Waals surface area contributed by atoms with Gasteiger partial charge in [-0.15, -0.1) is 0 Å². The predicted octanol–water partition coefficient (Wildman–Crippen LogP) is 2.76. The maximum Gasteiger partial charge on any atom is 0.0952 e. The quantitative estimate of drug-likeness (QED) is 0.869. The number of morpholine rings is 1. The summed E-state index contributed by atoms with van der Waals surface area (Å²) in [5, 5.41) is 11.0. The number of aliphatic hydroxyl groups is 1. The molecule has 6 heteroatoms. The van der Waals surface area contributed by atoms with E-state index in [9.17, 15) is 5.11 Å². The van der Waals surface area contributed by atoms with Crippen LogP contribution >= 0.6 is 23.2 Å². The summed E-state index contributed by atoms with van der Waals surface area (Å²) in [6.45, 7) is 5.65. The van der Waals surface area contributed by atoms with Crippen molar-refractivity contribution in [3.8, 4) is 0 Å². The summed E-state index contributed by atoms with van der Waals surface area (Å²) in [7, 11) is 0. The van der Waals surface area contributed by atoms with Crippen LogP contribution in [0.1, 0.15) is 18.6 Å². The largest absolute Gasteiger partial charge is 0.389 e. The molecule has 0 spiro atoms. The van der Waals surface area contributed by atoms with E-state index in [1.54, 1.807) is 6.07 Å². The molecular weight excluding hydrogens is 313 g/mol. The number of benzene rings is 1. The fourth-order valence-electron chi connectivity index (χ4n) is 2.39. The van der Waals surface area contributed by atoms with Crippen molar-refractivity contribution in [1.29, 1.82) is 0 Å². The summed E-state index contributed by atoms with van der Waals surface area (Å²) in [4.78, 5) is 2.18. The first-order chi connectivity index (χ1) is 10.1. The molecule has 1 aromatic carbocycles. The summed E-state index contributed by atoms with van der Waals surface area (Å²) in [6.07, 6.45) is -0.523. The van der Waals surface area contributed by atoms with Crippen molar-refractivity contribution in [2.75, 3.05) is 39.5 Å². The van der Waals surface area contributed by atoms with E-state index < -0.39 is 6.10 Å². The van der Waals surface area contributed by atoms with Crippen LogP contribution in [0.4, 0.5) is 0 Å². The van der Waals surface area contributed by atoms with E-state index in [4.69, 9.17) is 32.7 Å². The minimum absolute atomic E-state index is 0.0483. The molecular formula is C15H21Cl2NO3. The molecule has 1 heterocycles. The molecule has 118 valence electrons. The van der Waals surface area contributed by atoms with Crippen molar-refractivity contribution >= 4 is 23.2 Å². The second kappa shape index (κ2) is 8.32. The summed E-state index contributed by atoms with van der Waals surface area (Å²) in [6, 6.07) is 5.55. The Morgan fingerprint density at radius 3 is 2.95 bits per heavy atom. The van der Waals surface area contributed by atoms with Crippen LogP contribution in [0.15, 0.2) is 18.2 Å². The average Bonchev–Trinajstić information content (AvgIpc) is 2.48. The number of hydrogen-bond acceptors (Lipinski definition) is 4. The van der Waals surface area contributed by atoms with Crippen LogP contribution in [0.25, 0.3) is 0 Å². The summed E-state index contributed by atoms with van der Waals surface area (Å²) in [5.74, 6) is 0. The highest BCUT2D eigenvalue weighted by molar-refractivity contribution is 6.42. The lowest BCUT2D eigenvalue weighted by Gasteiger charge is -2.34. The lowest BCUT2D eigenvalue weighted by molar-refractivity contribution is -0.0517. The van der Waals surface area contributed by atoms with Gasteiger partial charge in [0.05, 0.1) is 35.5 Å². The third kappa shape index (κ3) is 5.09. The van der Waals surface area contributed by atoms with Gasteiger partial charge in [-0.2, -0.15) is 0 Å². The molecule has 0 amide bonds. The molecule has 1 fully saturated rings. The van der Waals surface area contributed by atoms with Crippen LogP contribution in [0.2, 0.25) is 10.0 Å². The van der Waals surface area contributed by atoms with Crippen molar-refractivity contribution in [3.05, 3.63) is 33.8 Å². The Morgan fingerprint density at radius 2 is 2.24 bits per heavy atom. The third-order valence-corrected chi connectivity index (χ3v) is 4.19. The number of halogens is 2. The molecule has 2 rings (SSSR count). The van der Waals surface area contributed by atoms with Gasteiger partial charge < -0.3 is 14.6 Å². The van der Waals surface area contributed by atoms with Gasteiger partial charge in [-0.1, -0.05) is 29.3 Å². The van der Waals surface area contributed by atoms with Gasteiger partial charge in [0.15, 0.2) is 0 Å². The number of aliphatic hydroxyl groups excluding tert-OH is 1.